The van der Waals surface area contributed by atoms with E-state index >= 15 is 0 Å². The second-order valence-corrected chi connectivity index (χ2v) is 10.4. The fourth-order valence-corrected chi connectivity index (χ4v) is 6.38. The molecule has 158 valence electrons. The standard InChI is InChI=1S/C22H30N2O4S/c1-13(2)24-21(25)20-9-8-19-18-6-4-14-12-15(28-29(23,26)27)5-7-16(14)17(18)10-11-22(19,20)3/h5,7,9,12-13,17-19H,4,6,8,10-11H2,1-3H3,(H,24,25)(H2,23,26,27). The van der Waals surface area contributed by atoms with Crippen LogP contribution in [0.4, 0.5) is 0 Å². The van der Waals surface area contributed by atoms with Crippen LogP contribution < -0.4 is 14.6 Å². The van der Waals surface area contributed by atoms with Gasteiger partial charge in [-0.2, -0.15) is 13.6 Å². The number of aryl methyl sites for hydroxylation is 1. The van der Waals surface area contributed by atoms with Crippen molar-refractivity contribution in [1.29, 1.82) is 0 Å². The van der Waals surface area contributed by atoms with Crippen LogP contribution in [0.3, 0.4) is 0 Å². The van der Waals surface area contributed by atoms with Gasteiger partial charge < -0.3 is 9.50 Å². The van der Waals surface area contributed by atoms with Crippen molar-refractivity contribution in [3.05, 3.63) is 41.0 Å². The summed E-state index contributed by atoms with van der Waals surface area (Å²) in [6.07, 6.45) is 7.09. The first-order valence-electron chi connectivity index (χ1n) is 10.4. The molecule has 0 bridgehead atoms. The van der Waals surface area contributed by atoms with E-state index in [1.165, 1.54) is 5.56 Å². The maximum atomic E-state index is 12.8. The van der Waals surface area contributed by atoms with Gasteiger partial charge in [0.2, 0.25) is 5.91 Å². The molecule has 1 aromatic carbocycles. The number of hydrogen-bond acceptors (Lipinski definition) is 4. The number of amides is 1. The van der Waals surface area contributed by atoms with E-state index in [2.05, 4.69) is 18.3 Å². The molecule has 29 heavy (non-hydrogen) atoms. The van der Waals surface area contributed by atoms with E-state index in [1.807, 2.05) is 26.0 Å². The van der Waals surface area contributed by atoms with Crippen molar-refractivity contribution in [1.82, 2.24) is 5.32 Å². The van der Waals surface area contributed by atoms with Gasteiger partial charge in [0, 0.05) is 17.0 Å². The Morgan fingerprint density at radius 2 is 2.07 bits per heavy atom. The van der Waals surface area contributed by atoms with Crippen LogP contribution in [-0.4, -0.2) is 20.4 Å². The Morgan fingerprint density at radius 1 is 1.31 bits per heavy atom. The van der Waals surface area contributed by atoms with Gasteiger partial charge in [-0.25, -0.2) is 0 Å². The van der Waals surface area contributed by atoms with Crippen molar-refractivity contribution in [2.24, 2.45) is 22.4 Å². The van der Waals surface area contributed by atoms with Crippen LogP contribution in [0.25, 0.3) is 0 Å². The van der Waals surface area contributed by atoms with Crippen LogP contribution in [0.1, 0.15) is 63.5 Å². The largest absolute Gasteiger partial charge is 0.380 e. The van der Waals surface area contributed by atoms with Crippen molar-refractivity contribution in [3.8, 4) is 5.75 Å². The third-order valence-corrected chi connectivity index (χ3v) is 7.58. The third-order valence-electron chi connectivity index (χ3n) is 7.16. The molecule has 1 saturated carbocycles. The Labute approximate surface area is 173 Å². The van der Waals surface area contributed by atoms with Gasteiger partial charge in [0.1, 0.15) is 5.75 Å². The molecule has 1 aromatic rings. The molecule has 4 unspecified atom stereocenters. The van der Waals surface area contributed by atoms with Gasteiger partial charge in [0.05, 0.1) is 0 Å². The minimum Gasteiger partial charge on any atom is -0.371 e. The molecule has 3 N–H and O–H groups in total. The molecule has 0 aliphatic heterocycles. The number of hydrogen-bond donors (Lipinski definition) is 2. The van der Waals surface area contributed by atoms with Crippen molar-refractivity contribution in [2.45, 2.75) is 64.8 Å². The maximum Gasteiger partial charge on any atom is 0.380 e. The van der Waals surface area contributed by atoms with E-state index in [4.69, 9.17) is 9.32 Å². The smallest absolute Gasteiger partial charge is 0.371 e. The van der Waals surface area contributed by atoms with Crippen LogP contribution in [0.15, 0.2) is 29.8 Å². The Morgan fingerprint density at radius 3 is 2.76 bits per heavy atom. The molecule has 7 heteroatoms. The summed E-state index contributed by atoms with van der Waals surface area (Å²) in [5, 5.41) is 8.08. The highest BCUT2D eigenvalue weighted by atomic mass is 32.2. The van der Waals surface area contributed by atoms with Crippen molar-refractivity contribution >= 4 is 16.2 Å². The molecule has 6 nitrogen and oxygen atoms in total. The lowest BCUT2D eigenvalue weighted by Crippen LogP contribution is -2.44. The summed E-state index contributed by atoms with van der Waals surface area (Å²) >= 11 is 0. The number of nitrogens with two attached hydrogens (primary N) is 1. The van der Waals surface area contributed by atoms with E-state index in [-0.39, 0.29) is 23.1 Å². The highest BCUT2D eigenvalue weighted by Gasteiger charge is 2.53. The summed E-state index contributed by atoms with van der Waals surface area (Å²) in [5.41, 5.74) is 3.36. The number of fused-ring (bicyclic) bond motifs is 5. The zero-order valence-corrected chi connectivity index (χ0v) is 18.1. The second-order valence-electron chi connectivity index (χ2n) is 9.29. The van der Waals surface area contributed by atoms with E-state index < -0.39 is 10.3 Å². The van der Waals surface area contributed by atoms with Gasteiger partial charge in [-0.05, 0) is 87.0 Å². The highest BCUT2D eigenvalue weighted by molar-refractivity contribution is 7.84. The number of rotatable bonds is 4. The van der Waals surface area contributed by atoms with E-state index in [1.54, 1.807) is 6.07 Å². The number of carbonyl (C=O) groups excluding carboxylic acids is 1. The Bertz CT molecular complexity index is 969. The summed E-state index contributed by atoms with van der Waals surface area (Å²) in [6.45, 7) is 6.26. The summed E-state index contributed by atoms with van der Waals surface area (Å²) in [4.78, 5) is 12.8. The Balaban J connectivity index is 1.57. The first kappa shape index (κ1) is 20.4. The molecule has 1 amide bonds. The fraction of sp³-hybridized carbons (Fsp3) is 0.591. The summed E-state index contributed by atoms with van der Waals surface area (Å²) in [7, 11) is -4.01. The minimum atomic E-state index is -4.01. The fourth-order valence-electron chi connectivity index (χ4n) is 6.00. The number of carbonyl (C=O) groups is 1. The Hall–Kier alpha value is -1.86. The molecular formula is C22H30N2O4S. The molecule has 3 aliphatic rings. The first-order chi connectivity index (χ1) is 13.6. The topological polar surface area (TPSA) is 98.5 Å². The lowest BCUT2D eigenvalue weighted by molar-refractivity contribution is -0.119. The second kappa shape index (κ2) is 7.13. The molecule has 0 spiro atoms. The molecule has 0 heterocycles. The normalized spacial score (nSPS) is 30.8. The molecule has 4 atom stereocenters. The molecule has 3 aliphatic carbocycles. The lowest BCUT2D eigenvalue weighted by Gasteiger charge is -2.50. The molecule has 0 saturated heterocycles. The van der Waals surface area contributed by atoms with Crippen LogP contribution in [0.5, 0.6) is 5.75 Å². The van der Waals surface area contributed by atoms with Crippen LogP contribution in [0.2, 0.25) is 0 Å². The highest BCUT2D eigenvalue weighted by Crippen LogP contribution is 2.61. The Kier molecular flexibility index (Phi) is 5.02. The lowest BCUT2D eigenvalue weighted by atomic mass is 9.54. The quantitative estimate of drug-likeness (QED) is 0.784. The van der Waals surface area contributed by atoms with Crippen LogP contribution in [0, 0.1) is 17.3 Å². The predicted molar refractivity (Wildman–Crippen MR) is 112 cm³/mol. The van der Waals surface area contributed by atoms with Gasteiger partial charge in [-0.15, -0.1) is 0 Å². The van der Waals surface area contributed by atoms with Crippen molar-refractivity contribution in [3.63, 3.8) is 0 Å². The predicted octanol–water partition coefficient (Wildman–Crippen LogP) is 3.19. The maximum absolute atomic E-state index is 12.8. The summed E-state index contributed by atoms with van der Waals surface area (Å²) < 4.78 is 27.3. The number of nitrogens with one attached hydrogen (secondary N) is 1. The van der Waals surface area contributed by atoms with Gasteiger partial charge in [-0.3, -0.25) is 4.79 Å². The van der Waals surface area contributed by atoms with Crippen LogP contribution >= 0.6 is 0 Å². The summed E-state index contributed by atoms with van der Waals surface area (Å²) in [6, 6.07) is 5.66. The molecule has 1 fully saturated rings. The van der Waals surface area contributed by atoms with Crippen LogP contribution in [-0.2, 0) is 21.5 Å². The van der Waals surface area contributed by atoms with Gasteiger partial charge >= 0.3 is 10.3 Å². The van der Waals surface area contributed by atoms with E-state index in [0.717, 1.165) is 43.2 Å². The summed E-state index contributed by atoms with van der Waals surface area (Å²) in [5.74, 6) is 1.82. The molecule has 0 aromatic heterocycles. The SMILES string of the molecule is CC(C)NC(=O)C1=CCC2C3CCc4cc(OS(N)(=O)=O)ccc4C3CCC12C. The number of allylic oxidation sites excluding steroid dienone is 1. The van der Waals surface area contributed by atoms with E-state index in [0.29, 0.717) is 17.8 Å². The monoisotopic (exact) mass is 418 g/mol. The first-order valence-corrected chi connectivity index (χ1v) is 11.9. The average Bonchev–Trinajstić information content (AvgIpc) is 2.96. The van der Waals surface area contributed by atoms with Gasteiger partial charge in [0.25, 0.3) is 0 Å². The molecular weight excluding hydrogens is 388 g/mol. The van der Waals surface area contributed by atoms with E-state index in [9.17, 15) is 13.2 Å². The zero-order chi connectivity index (χ0) is 21.0. The minimum absolute atomic E-state index is 0.0612. The van der Waals surface area contributed by atoms with Gasteiger partial charge in [0.15, 0.2) is 0 Å². The number of benzene rings is 1. The van der Waals surface area contributed by atoms with Crippen molar-refractivity contribution in [2.75, 3.05) is 0 Å². The zero-order valence-electron chi connectivity index (χ0n) is 17.3. The molecule has 4 rings (SSSR count). The molecule has 0 radical (unpaired) electrons. The average molecular weight is 419 g/mol. The third kappa shape index (κ3) is 3.70. The van der Waals surface area contributed by atoms with Crippen molar-refractivity contribution < 1.29 is 17.4 Å². The van der Waals surface area contributed by atoms with Gasteiger partial charge in [-0.1, -0.05) is 19.1 Å².